The zero-order valence-electron chi connectivity index (χ0n) is 13.4. The number of ether oxygens (including phenoxy) is 1. The first kappa shape index (κ1) is 18.7. The fourth-order valence-electron chi connectivity index (χ4n) is 2.13. The highest BCUT2D eigenvalue weighted by Gasteiger charge is 2.49. The van der Waals surface area contributed by atoms with E-state index in [-0.39, 0.29) is 18.0 Å². The number of pyridine rings is 1. The average molecular weight is 400 g/mol. The molecule has 0 atom stereocenters. The van der Waals surface area contributed by atoms with Gasteiger partial charge >= 0.3 is 15.6 Å². The van der Waals surface area contributed by atoms with Crippen LogP contribution in [0.25, 0.3) is 5.65 Å². The van der Waals surface area contributed by atoms with E-state index in [1.54, 1.807) is 24.3 Å². The number of nitrogens with zero attached hydrogens (tertiary/aromatic N) is 2. The zero-order valence-corrected chi connectivity index (χ0v) is 14.2. The van der Waals surface area contributed by atoms with Crippen molar-refractivity contribution in [2.24, 2.45) is 0 Å². The molecule has 0 aliphatic carbocycles. The van der Waals surface area contributed by atoms with Crippen molar-refractivity contribution in [2.75, 3.05) is 0 Å². The number of halogens is 3. The Morgan fingerprint density at radius 3 is 2.44 bits per heavy atom. The lowest BCUT2D eigenvalue weighted by molar-refractivity contribution is -0.0501. The Balaban J connectivity index is 1.99. The number of rotatable bonds is 5. The van der Waals surface area contributed by atoms with Crippen LogP contribution >= 0.6 is 0 Å². The predicted octanol–water partition coefficient (Wildman–Crippen LogP) is 2.50. The third kappa shape index (κ3) is 4.03. The van der Waals surface area contributed by atoms with E-state index in [0.29, 0.717) is 6.07 Å². The summed E-state index contributed by atoms with van der Waals surface area (Å²) in [6.07, 6.45) is 1.31. The maximum absolute atomic E-state index is 12.5. The van der Waals surface area contributed by atoms with E-state index in [2.05, 4.69) is 9.17 Å². The Labute approximate surface area is 150 Å². The van der Waals surface area contributed by atoms with Crippen molar-refractivity contribution in [2.45, 2.75) is 12.1 Å². The van der Waals surface area contributed by atoms with E-state index in [1.807, 2.05) is 6.07 Å². The Hall–Kier alpha value is -3.08. The summed E-state index contributed by atoms with van der Waals surface area (Å²) in [5, 5.41) is 0. The molecule has 0 saturated heterocycles. The summed E-state index contributed by atoms with van der Waals surface area (Å²) in [6.45, 7) is 0.0995. The first-order chi connectivity index (χ1) is 12.7. The first-order valence-electron chi connectivity index (χ1n) is 7.37. The summed E-state index contributed by atoms with van der Waals surface area (Å²) >= 11 is 0. The topological polar surface area (TPSA) is 87.0 Å². The molecule has 3 rings (SSSR count). The van der Waals surface area contributed by atoms with E-state index in [4.69, 9.17) is 4.74 Å². The quantitative estimate of drug-likeness (QED) is 0.483. The second kappa shape index (κ2) is 6.91. The summed E-state index contributed by atoms with van der Waals surface area (Å²) in [5.74, 6) is -0.943. The molecular weight excluding hydrogens is 389 g/mol. The molecule has 0 unspecified atom stereocenters. The monoisotopic (exact) mass is 400 g/mol. The molecule has 3 aromatic rings. The molecule has 0 bridgehead atoms. The third-order valence-corrected chi connectivity index (χ3v) is 4.30. The summed E-state index contributed by atoms with van der Waals surface area (Å²) in [6, 6.07) is 12.4. The van der Waals surface area contributed by atoms with Crippen LogP contribution < -0.4 is 14.5 Å². The molecular formula is C16H11F3N2O5S. The van der Waals surface area contributed by atoms with Gasteiger partial charge in [0.15, 0.2) is 11.4 Å². The molecule has 7 nitrogen and oxygen atoms in total. The van der Waals surface area contributed by atoms with Gasteiger partial charge in [0.25, 0.3) is 5.56 Å². The molecule has 0 fully saturated rings. The average Bonchev–Trinajstić information content (AvgIpc) is 2.60. The maximum atomic E-state index is 12.5. The van der Waals surface area contributed by atoms with Crippen molar-refractivity contribution >= 4 is 15.8 Å². The van der Waals surface area contributed by atoms with Gasteiger partial charge in [-0.2, -0.15) is 26.6 Å². The molecule has 2 heterocycles. The van der Waals surface area contributed by atoms with Crippen molar-refractivity contribution in [1.82, 2.24) is 9.38 Å². The largest absolute Gasteiger partial charge is 0.534 e. The minimum Gasteiger partial charge on any atom is -0.485 e. The minimum absolute atomic E-state index is 0.0632. The Kier molecular flexibility index (Phi) is 4.79. The molecule has 0 amide bonds. The van der Waals surface area contributed by atoms with E-state index in [0.717, 1.165) is 9.96 Å². The Bertz CT molecular complexity index is 1130. The van der Waals surface area contributed by atoms with Crippen molar-refractivity contribution in [3.05, 3.63) is 70.6 Å². The van der Waals surface area contributed by atoms with Crippen molar-refractivity contribution < 1.29 is 30.5 Å². The summed E-state index contributed by atoms with van der Waals surface area (Å²) in [7, 11) is -5.96. The highest BCUT2D eigenvalue weighted by Crippen LogP contribution is 2.26. The molecule has 1 aromatic carbocycles. The van der Waals surface area contributed by atoms with Gasteiger partial charge in [0, 0.05) is 6.20 Å². The number of hydrogen-bond donors (Lipinski definition) is 0. The van der Waals surface area contributed by atoms with Gasteiger partial charge in [0.1, 0.15) is 6.61 Å². The molecule has 0 saturated carbocycles. The lowest BCUT2D eigenvalue weighted by Gasteiger charge is -2.11. The molecule has 0 aliphatic rings. The van der Waals surface area contributed by atoms with Crippen LogP contribution in [0.3, 0.4) is 0 Å². The fraction of sp³-hybridized carbons (Fsp3) is 0.125. The molecule has 0 spiro atoms. The normalized spacial score (nSPS) is 12.1. The number of alkyl halides is 3. The first-order valence-corrected chi connectivity index (χ1v) is 8.78. The van der Waals surface area contributed by atoms with Crippen LogP contribution in [0.4, 0.5) is 13.2 Å². The lowest BCUT2D eigenvalue weighted by Crippen LogP contribution is -2.29. The van der Waals surface area contributed by atoms with Crippen LogP contribution in [0.2, 0.25) is 0 Å². The van der Waals surface area contributed by atoms with Gasteiger partial charge < -0.3 is 8.92 Å². The minimum atomic E-state index is -5.96. The molecule has 0 aliphatic heterocycles. The SMILES string of the molecule is O=c1cc(OS(=O)(=O)C(F)(F)F)nc2c(OCc3ccccc3)cccn12. The number of hydrogen-bond acceptors (Lipinski definition) is 6. The van der Waals surface area contributed by atoms with Crippen molar-refractivity contribution in [3.8, 4) is 11.6 Å². The van der Waals surface area contributed by atoms with E-state index in [9.17, 15) is 26.4 Å². The van der Waals surface area contributed by atoms with Crippen LogP contribution in [-0.2, 0) is 16.7 Å². The third-order valence-electron chi connectivity index (χ3n) is 3.35. The second-order valence-electron chi connectivity index (χ2n) is 5.26. The van der Waals surface area contributed by atoms with Crippen LogP contribution in [0.15, 0.2) is 59.5 Å². The van der Waals surface area contributed by atoms with Gasteiger partial charge in [-0.1, -0.05) is 30.3 Å². The van der Waals surface area contributed by atoms with Crippen LogP contribution in [-0.4, -0.2) is 23.3 Å². The molecule has 11 heteroatoms. The number of benzene rings is 1. The van der Waals surface area contributed by atoms with Crippen LogP contribution in [0.1, 0.15) is 5.56 Å². The molecule has 0 radical (unpaired) electrons. The summed E-state index contributed by atoms with van der Waals surface area (Å²) in [4.78, 5) is 15.8. The van der Waals surface area contributed by atoms with Gasteiger partial charge in [0.05, 0.1) is 6.07 Å². The predicted molar refractivity (Wildman–Crippen MR) is 87.8 cm³/mol. The van der Waals surface area contributed by atoms with Gasteiger partial charge in [-0.25, -0.2) is 0 Å². The second-order valence-corrected chi connectivity index (χ2v) is 6.79. The van der Waals surface area contributed by atoms with Crippen molar-refractivity contribution in [3.63, 3.8) is 0 Å². The van der Waals surface area contributed by atoms with Gasteiger partial charge in [-0.05, 0) is 17.7 Å². The molecule has 2 aromatic heterocycles. The molecule has 0 N–H and O–H groups in total. The van der Waals surface area contributed by atoms with Gasteiger partial charge in [-0.15, -0.1) is 0 Å². The fourth-order valence-corrected chi connectivity index (χ4v) is 2.53. The lowest BCUT2D eigenvalue weighted by atomic mass is 10.2. The van der Waals surface area contributed by atoms with Crippen LogP contribution in [0.5, 0.6) is 11.6 Å². The summed E-state index contributed by atoms with van der Waals surface area (Å²) < 4.78 is 70.2. The highest BCUT2D eigenvalue weighted by molar-refractivity contribution is 7.87. The highest BCUT2D eigenvalue weighted by atomic mass is 32.2. The number of aromatic nitrogens is 2. The summed E-state index contributed by atoms with van der Waals surface area (Å²) in [5.41, 5.74) is -5.87. The molecule has 142 valence electrons. The van der Waals surface area contributed by atoms with Crippen LogP contribution in [0, 0.1) is 0 Å². The zero-order chi connectivity index (χ0) is 19.7. The van der Waals surface area contributed by atoms with Crippen molar-refractivity contribution in [1.29, 1.82) is 0 Å². The maximum Gasteiger partial charge on any atom is 0.534 e. The van der Waals surface area contributed by atoms with E-state index in [1.165, 1.54) is 18.3 Å². The van der Waals surface area contributed by atoms with E-state index >= 15 is 0 Å². The number of fused-ring (bicyclic) bond motifs is 1. The van der Waals surface area contributed by atoms with Gasteiger partial charge in [-0.3, -0.25) is 9.20 Å². The Morgan fingerprint density at radius 2 is 1.78 bits per heavy atom. The molecule has 27 heavy (non-hydrogen) atoms. The Morgan fingerprint density at radius 1 is 1.07 bits per heavy atom. The van der Waals surface area contributed by atoms with E-state index < -0.39 is 27.1 Å². The standard InChI is InChI=1S/C16H11F3N2O5S/c17-16(18,19)27(23,24)26-13-9-14(22)21-8-4-7-12(15(21)20-13)25-10-11-5-2-1-3-6-11/h1-9H,10H2. The van der Waals surface area contributed by atoms with Gasteiger partial charge in [0.2, 0.25) is 5.88 Å². The smallest absolute Gasteiger partial charge is 0.485 e.